The summed E-state index contributed by atoms with van der Waals surface area (Å²) in [5, 5.41) is 4.24. The summed E-state index contributed by atoms with van der Waals surface area (Å²) in [5.74, 6) is 1.51. The molecular formula is C19H26N4O. The molecule has 2 atom stereocenters. The first kappa shape index (κ1) is 15.8. The molecule has 2 saturated heterocycles. The number of benzene rings is 1. The van der Waals surface area contributed by atoms with Gasteiger partial charge in [-0.1, -0.05) is 29.4 Å². The predicted molar refractivity (Wildman–Crippen MR) is 93.4 cm³/mol. The normalized spacial score (nSPS) is 24.5. The first-order valence-corrected chi connectivity index (χ1v) is 9.04. The fourth-order valence-electron chi connectivity index (χ4n) is 4.17. The Kier molecular flexibility index (Phi) is 4.37. The van der Waals surface area contributed by atoms with Crippen LogP contribution in [0.15, 0.2) is 28.8 Å². The van der Waals surface area contributed by atoms with E-state index >= 15 is 0 Å². The molecule has 128 valence electrons. The van der Waals surface area contributed by atoms with E-state index in [-0.39, 0.29) is 0 Å². The van der Waals surface area contributed by atoms with E-state index in [1.54, 1.807) is 0 Å². The monoisotopic (exact) mass is 326 g/mol. The first-order valence-electron chi connectivity index (χ1n) is 9.04. The van der Waals surface area contributed by atoms with Gasteiger partial charge in [0.25, 0.3) is 0 Å². The van der Waals surface area contributed by atoms with Gasteiger partial charge < -0.3 is 9.42 Å². The van der Waals surface area contributed by atoms with E-state index in [2.05, 4.69) is 53.3 Å². The van der Waals surface area contributed by atoms with Gasteiger partial charge in [0.15, 0.2) is 0 Å². The van der Waals surface area contributed by atoms with E-state index in [0.29, 0.717) is 11.9 Å². The van der Waals surface area contributed by atoms with Crippen molar-refractivity contribution in [1.82, 2.24) is 19.9 Å². The second-order valence-corrected chi connectivity index (χ2v) is 7.37. The van der Waals surface area contributed by atoms with Gasteiger partial charge in [-0.25, -0.2) is 0 Å². The predicted octanol–water partition coefficient (Wildman–Crippen LogP) is 3.49. The number of nitrogens with zero attached hydrogens (tertiary/aromatic N) is 4. The number of aromatic nitrogens is 2. The lowest BCUT2D eigenvalue weighted by Gasteiger charge is -2.35. The third kappa shape index (κ3) is 3.10. The lowest BCUT2D eigenvalue weighted by molar-refractivity contribution is 0.0975. The van der Waals surface area contributed by atoms with Crippen LogP contribution in [0.4, 0.5) is 0 Å². The molecule has 2 aliphatic heterocycles. The third-order valence-electron chi connectivity index (χ3n) is 5.28. The van der Waals surface area contributed by atoms with Crippen LogP contribution in [-0.4, -0.2) is 46.6 Å². The lowest BCUT2D eigenvalue weighted by Crippen LogP contribution is -2.37. The molecule has 0 spiro atoms. The highest BCUT2D eigenvalue weighted by Gasteiger charge is 2.37. The number of hydrogen-bond acceptors (Lipinski definition) is 5. The number of rotatable bonds is 4. The molecule has 0 aliphatic carbocycles. The molecule has 0 amide bonds. The topological polar surface area (TPSA) is 45.4 Å². The fraction of sp³-hybridized carbons (Fsp3) is 0.579. The van der Waals surface area contributed by atoms with Crippen molar-refractivity contribution in [2.45, 2.75) is 50.7 Å². The summed E-state index contributed by atoms with van der Waals surface area (Å²) in [7, 11) is 4.16. The molecule has 4 rings (SSSR count). The van der Waals surface area contributed by atoms with Crippen LogP contribution < -0.4 is 0 Å². The van der Waals surface area contributed by atoms with Gasteiger partial charge in [0.1, 0.15) is 0 Å². The van der Waals surface area contributed by atoms with Gasteiger partial charge in [-0.15, -0.1) is 0 Å². The molecule has 1 aromatic carbocycles. The highest BCUT2D eigenvalue weighted by Crippen LogP contribution is 2.39. The van der Waals surface area contributed by atoms with Crippen LogP contribution in [0.2, 0.25) is 0 Å². The zero-order chi connectivity index (χ0) is 16.5. The van der Waals surface area contributed by atoms with Crippen LogP contribution in [0.3, 0.4) is 0 Å². The minimum atomic E-state index is 0.320. The summed E-state index contributed by atoms with van der Waals surface area (Å²) in [6.45, 7) is 2.11. The zero-order valence-corrected chi connectivity index (χ0v) is 14.6. The van der Waals surface area contributed by atoms with Gasteiger partial charge in [-0.2, -0.15) is 4.98 Å². The molecule has 0 bridgehead atoms. The molecule has 24 heavy (non-hydrogen) atoms. The van der Waals surface area contributed by atoms with Gasteiger partial charge in [-0.05, 0) is 58.3 Å². The lowest BCUT2D eigenvalue weighted by atomic mass is 9.96. The average molecular weight is 326 g/mol. The minimum absolute atomic E-state index is 0.320. The molecule has 3 heterocycles. The quantitative estimate of drug-likeness (QED) is 0.860. The second-order valence-electron chi connectivity index (χ2n) is 7.37. The SMILES string of the molecule is CN(C)Cc1ccc(-c2noc(C3CCCC4CCCN43)n2)cc1. The van der Waals surface area contributed by atoms with Crippen molar-refractivity contribution >= 4 is 0 Å². The van der Waals surface area contributed by atoms with Crippen molar-refractivity contribution in [3.63, 3.8) is 0 Å². The molecule has 0 N–H and O–H groups in total. The Morgan fingerprint density at radius 2 is 1.92 bits per heavy atom. The van der Waals surface area contributed by atoms with Crippen LogP contribution >= 0.6 is 0 Å². The number of piperidine rings is 1. The smallest absolute Gasteiger partial charge is 0.244 e. The maximum absolute atomic E-state index is 5.65. The van der Waals surface area contributed by atoms with E-state index in [1.807, 2.05) is 0 Å². The molecular weight excluding hydrogens is 300 g/mol. The van der Waals surface area contributed by atoms with E-state index in [0.717, 1.165) is 30.5 Å². The summed E-state index contributed by atoms with van der Waals surface area (Å²) < 4.78 is 5.65. The first-order chi connectivity index (χ1) is 11.7. The Bertz CT molecular complexity index is 679. The molecule has 2 fully saturated rings. The summed E-state index contributed by atoms with van der Waals surface area (Å²) in [4.78, 5) is 9.47. The molecule has 2 aromatic rings. The van der Waals surface area contributed by atoms with Crippen molar-refractivity contribution in [2.75, 3.05) is 20.6 Å². The second kappa shape index (κ2) is 6.65. The van der Waals surface area contributed by atoms with E-state index in [9.17, 15) is 0 Å². The van der Waals surface area contributed by atoms with Crippen LogP contribution in [0, 0.1) is 0 Å². The Balaban J connectivity index is 1.52. The summed E-state index contributed by atoms with van der Waals surface area (Å²) in [6, 6.07) is 9.51. The largest absolute Gasteiger partial charge is 0.337 e. The van der Waals surface area contributed by atoms with E-state index < -0.39 is 0 Å². The van der Waals surface area contributed by atoms with Crippen LogP contribution in [0.5, 0.6) is 0 Å². The van der Waals surface area contributed by atoms with Crippen molar-refractivity contribution in [3.05, 3.63) is 35.7 Å². The number of fused-ring (bicyclic) bond motifs is 1. The Hall–Kier alpha value is -1.72. The summed E-state index contributed by atoms with van der Waals surface area (Å²) in [6.07, 6.45) is 6.36. The van der Waals surface area contributed by atoms with Crippen LogP contribution in [0.1, 0.15) is 49.6 Å². The minimum Gasteiger partial charge on any atom is -0.337 e. The molecule has 0 saturated carbocycles. The zero-order valence-electron chi connectivity index (χ0n) is 14.6. The van der Waals surface area contributed by atoms with Crippen molar-refractivity contribution < 1.29 is 4.52 Å². The third-order valence-corrected chi connectivity index (χ3v) is 5.28. The average Bonchev–Trinajstić information content (AvgIpc) is 3.24. The molecule has 1 aromatic heterocycles. The Morgan fingerprint density at radius 1 is 1.12 bits per heavy atom. The van der Waals surface area contributed by atoms with Crippen LogP contribution in [-0.2, 0) is 6.54 Å². The van der Waals surface area contributed by atoms with Gasteiger partial charge in [0.05, 0.1) is 6.04 Å². The highest BCUT2D eigenvalue weighted by molar-refractivity contribution is 5.54. The Labute approximate surface area is 143 Å². The highest BCUT2D eigenvalue weighted by atomic mass is 16.5. The van der Waals surface area contributed by atoms with Crippen LogP contribution in [0.25, 0.3) is 11.4 Å². The Morgan fingerprint density at radius 3 is 2.71 bits per heavy atom. The van der Waals surface area contributed by atoms with Gasteiger partial charge in [0.2, 0.25) is 11.7 Å². The maximum atomic E-state index is 5.65. The maximum Gasteiger partial charge on any atom is 0.244 e. The van der Waals surface area contributed by atoms with Gasteiger partial charge in [0, 0.05) is 18.2 Å². The van der Waals surface area contributed by atoms with Crippen molar-refractivity contribution in [2.24, 2.45) is 0 Å². The summed E-state index contributed by atoms with van der Waals surface area (Å²) in [5.41, 5.74) is 2.32. The standard InChI is InChI=1S/C19H26N4O/c1-22(2)13-14-8-10-15(11-9-14)18-20-19(24-21-18)17-7-3-5-16-6-4-12-23(16)17/h8-11,16-17H,3-7,12-13H2,1-2H3. The fourth-order valence-corrected chi connectivity index (χ4v) is 4.17. The molecule has 0 radical (unpaired) electrons. The summed E-state index contributed by atoms with van der Waals surface area (Å²) >= 11 is 0. The van der Waals surface area contributed by atoms with E-state index in [4.69, 9.17) is 9.51 Å². The molecule has 5 heteroatoms. The number of hydrogen-bond donors (Lipinski definition) is 0. The molecule has 2 unspecified atom stereocenters. The molecule has 5 nitrogen and oxygen atoms in total. The van der Waals surface area contributed by atoms with Crippen molar-refractivity contribution in [1.29, 1.82) is 0 Å². The van der Waals surface area contributed by atoms with Gasteiger partial charge in [-0.3, -0.25) is 4.90 Å². The van der Waals surface area contributed by atoms with Gasteiger partial charge >= 0.3 is 0 Å². The van der Waals surface area contributed by atoms with Crippen molar-refractivity contribution in [3.8, 4) is 11.4 Å². The molecule has 2 aliphatic rings. The van der Waals surface area contributed by atoms with E-state index in [1.165, 1.54) is 37.8 Å².